The lowest BCUT2D eigenvalue weighted by Crippen LogP contribution is -2.55. The Labute approximate surface area is 74.6 Å². The summed E-state index contributed by atoms with van der Waals surface area (Å²) in [6.45, 7) is 4.19. The van der Waals surface area contributed by atoms with Crippen molar-refractivity contribution in [1.82, 2.24) is 8.43 Å². The van der Waals surface area contributed by atoms with Crippen molar-refractivity contribution in [2.45, 2.75) is 12.2 Å². The molecule has 2 aliphatic heterocycles. The summed E-state index contributed by atoms with van der Waals surface area (Å²) in [5.41, 5.74) is 0. The first-order valence-corrected chi connectivity index (χ1v) is 4.58. The molecule has 2 heterocycles. The van der Waals surface area contributed by atoms with Gasteiger partial charge < -0.3 is 10.1 Å². The molecule has 4 heteroatoms. The summed E-state index contributed by atoms with van der Waals surface area (Å²) < 4.78 is 8.00. The summed E-state index contributed by atoms with van der Waals surface area (Å²) in [4.78, 5) is 0. The van der Waals surface area contributed by atoms with Crippen molar-refractivity contribution in [2.24, 2.45) is 0 Å². The minimum Gasteiger partial charge on any atom is -0.370 e. The predicted molar refractivity (Wildman–Crippen MR) is 47.1 cm³/mol. The lowest BCUT2D eigenvalue weighted by molar-refractivity contribution is -0.0762. The fourth-order valence-corrected chi connectivity index (χ4v) is 2.38. The van der Waals surface area contributed by atoms with Crippen LogP contribution in [0.4, 0.5) is 0 Å². The highest BCUT2D eigenvalue weighted by Crippen LogP contribution is 2.16. The van der Waals surface area contributed by atoms with E-state index in [0.717, 1.165) is 26.2 Å². The molecule has 0 aromatic rings. The normalized spacial score (nSPS) is 41.7. The molecule has 2 atom stereocenters. The Morgan fingerprint density at radius 2 is 1.90 bits per heavy atom. The lowest BCUT2D eigenvalue weighted by Gasteiger charge is -2.39. The summed E-state index contributed by atoms with van der Waals surface area (Å²) >= 11 is 2.37. The molecule has 10 heavy (non-hydrogen) atoms. The molecule has 2 rings (SSSR count). The van der Waals surface area contributed by atoms with E-state index >= 15 is 0 Å². The van der Waals surface area contributed by atoms with E-state index in [-0.39, 0.29) is 0 Å². The van der Waals surface area contributed by atoms with Crippen molar-refractivity contribution in [3.63, 3.8) is 0 Å². The van der Waals surface area contributed by atoms with Gasteiger partial charge in [0.05, 0.1) is 12.2 Å². The highest BCUT2D eigenvalue weighted by Gasteiger charge is 2.29. The molecule has 0 aliphatic carbocycles. The molecule has 1 N–H and O–H groups in total. The van der Waals surface area contributed by atoms with Crippen LogP contribution in [-0.2, 0) is 4.74 Å². The molecule has 2 bridgehead atoms. The molecule has 0 spiro atoms. The highest BCUT2D eigenvalue weighted by molar-refractivity contribution is 14.1. The minimum atomic E-state index is 0.435. The van der Waals surface area contributed by atoms with Gasteiger partial charge in [0.25, 0.3) is 0 Å². The Morgan fingerprint density at radius 3 is 2.50 bits per heavy atom. The van der Waals surface area contributed by atoms with Crippen molar-refractivity contribution in [3.05, 3.63) is 0 Å². The van der Waals surface area contributed by atoms with Gasteiger partial charge in [-0.2, -0.15) is 0 Å². The average Bonchev–Trinajstić information content (AvgIpc) is 1.85. The van der Waals surface area contributed by atoms with Crippen LogP contribution in [0.3, 0.4) is 0 Å². The first-order valence-electron chi connectivity index (χ1n) is 3.61. The molecule has 0 unspecified atom stereocenters. The van der Waals surface area contributed by atoms with Crippen LogP contribution in [0, 0.1) is 0 Å². The third-order valence-corrected chi connectivity index (χ3v) is 2.72. The average molecular weight is 254 g/mol. The molecule has 2 aliphatic rings. The molecule has 58 valence electrons. The molecular weight excluding hydrogens is 243 g/mol. The number of halogens is 1. The van der Waals surface area contributed by atoms with E-state index in [1.807, 2.05) is 0 Å². The molecule has 0 aromatic carbocycles. The maximum atomic E-state index is 5.68. The summed E-state index contributed by atoms with van der Waals surface area (Å²) in [5, 5.41) is 3.35. The maximum absolute atomic E-state index is 5.68. The van der Waals surface area contributed by atoms with E-state index in [1.165, 1.54) is 0 Å². The molecule has 0 amide bonds. The van der Waals surface area contributed by atoms with Crippen molar-refractivity contribution < 1.29 is 4.74 Å². The number of ether oxygens (including phenoxy) is 1. The molecule has 0 radical (unpaired) electrons. The lowest BCUT2D eigenvalue weighted by atomic mass is 10.2. The molecule has 3 nitrogen and oxygen atoms in total. The molecule has 0 aromatic heterocycles. The summed E-state index contributed by atoms with van der Waals surface area (Å²) in [7, 11) is 0. The van der Waals surface area contributed by atoms with Crippen LogP contribution in [-0.4, -0.2) is 41.5 Å². The number of morpholine rings is 2. The highest BCUT2D eigenvalue weighted by atomic mass is 127. The van der Waals surface area contributed by atoms with Crippen LogP contribution < -0.4 is 5.32 Å². The quantitative estimate of drug-likeness (QED) is 0.487. The van der Waals surface area contributed by atoms with E-state index in [4.69, 9.17) is 4.74 Å². The molecular formula is C6H11IN2O. The number of hydrogen-bond donors (Lipinski definition) is 1. The Bertz CT molecular complexity index is 117. The fourth-order valence-electron chi connectivity index (χ4n) is 1.51. The predicted octanol–water partition coefficient (Wildman–Crippen LogP) is 0.00900. The van der Waals surface area contributed by atoms with E-state index in [0.29, 0.717) is 12.2 Å². The van der Waals surface area contributed by atoms with Gasteiger partial charge in [0, 0.05) is 49.0 Å². The Hall–Kier alpha value is 0.610. The van der Waals surface area contributed by atoms with Gasteiger partial charge >= 0.3 is 0 Å². The van der Waals surface area contributed by atoms with Crippen LogP contribution in [0.5, 0.6) is 0 Å². The molecule has 2 saturated heterocycles. The van der Waals surface area contributed by atoms with E-state index in [2.05, 4.69) is 31.3 Å². The van der Waals surface area contributed by atoms with Gasteiger partial charge in [-0.25, -0.2) is 3.11 Å². The van der Waals surface area contributed by atoms with Gasteiger partial charge in [0.15, 0.2) is 0 Å². The summed E-state index contributed by atoms with van der Waals surface area (Å²) in [5.74, 6) is 0. The first kappa shape index (κ1) is 7.27. The van der Waals surface area contributed by atoms with Gasteiger partial charge in [0.1, 0.15) is 0 Å². The second kappa shape index (κ2) is 2.92. The number of rotatable bonds is 0. The zero-order valence-electron chi connectivity index (χ0n) is 5.72. The SMILES string of the molecule is IN1C[C@H]2CNC[C@H](C1)O2. The third-order valence-electron chi connectivity index (χ3n) is 1.93. The van der Waals surface area contributed by atoms with Gasteiger partial charge in [0.2, 0.25) is 0 Å². The van der Waals surface area contributed by atoms with Crippen LogP contribution in [0.1, 0.15) is 0 Å². The van der Waals surface area contributed by atoms with Gasteiger partial charge in [-0.05, 0) is 0 Å². The smallest absolute Gasteiger partial charge is 0.0839 e. The van der Waals surface area contributed by atoms with Crippen molar-refractivity contribution >= 4 is 22.9 Å². The number of nitrogens with one attached hydrogen (secondary N) is 1. The van der Waals surface area contributed by atoms with E-state index in [9.17, 15) is 0 Å². The Balaban J connectivity index is 1.98. The van der Waals surface area contributed by atoms with E-state index < -0.39 is 0 Å². The topological polar surface area (TPSA) is 24.5 Å². The number of fused-ring (bicyclic) bond motifs is 2. The van der Waals surface area contributed by atoms with Crippen molar-refractivity contribution in [3.8, 4) is 0 Å². The van der Waals surface area contributed by atoms with Crippen LogP contribution >= 0.6 is 22.9 Å². The largest absolute Gasteiger partial charge is 0.370 e. The molecule has 2 fully saturated rings. The van der Waals surface area contributed by atoms with Gasteiger partial charge in [-0.1, -0.05) is 0 Å². The van der Waals surface area contributed by atoms with Gasteiger partial charge in [-0.15, -0.1) is 0 Å². The Kier molecular flexibility index (Phi) is 2.13. The number of nitrogens with zero attached hydrogens (tertiary/aromatic N) is 1. The fraction of sp³-hybridized carbons (Fsp3) is 1.00. The maximum Gasteiger partial charge on any atom is 0.0839 e. The van der Waals surface area contributed by atoms with Crippen molar-refractivity contribution in [1.29, 1.82) is 0 Å². The Morgan fingerprint density at radius 1 is 1.30 bits per heavy atom. The van der Waals surface area contributed by atoms with Crippen LogP contribution in [0.15, 0.2) is 0 Å². The summed E-state index contributed by atoms with van der Waals surface area (Å²) in [6.07, 6.45) is 0.869. The first-order chi connectivity index (χ1) is 4.84. The zero-order valence-corrected chi connectivity index (χ0v) is 7.87. The van der Waals surface area contributed by atoms with Crippen LogP contribution in [0.25, 0.3) is 0 Å². The second-order valence-electron chi connectivity index (χ2n) is 2.87. The zero-order chi connectivity index (χ0) is 6.97. The number of hydrogen-bond acceptors (Lipinski definition) is 3. The minimum absolute atomic E-state index is 0.435. The second-order valence-corrected chi connectivity index (χ2v) is 4.23. The third kappa shape index (κ3) is 1.44. The standard InChI is InChI=1S/C6H11IN2O/c7-9-3-5-1-8-2-6(4-9)10-5/h5-6,8H,1-4H2/t5-,6-/m1/s1. The van der Waals surface area contributed by atoms with Crippen LogP contribution in [0.2, 0.25) is 0 Å². The van der Waals surface area contributed by atoms with Gasteiger partial charge in [-0.3, -0.25) is 0 Å². The monoisotopic (exact) mass is 254 g/mol. The molecule has 0 saturated carbocycles. The van der Waals surface area contributed by atoms with Crippen molar-refractivity contribution in [2.75, 3.05) is 26.2 Å². The summed E-state index contributed by atoms with van der Waals surface area (Å²) in [6, 6.07) is 0. The van der Waals surface area contributed by atoms with E-state index in [1.54, 1.807) is 0 Å².